The van der Waals surface area contributed by atoms with Crippen molar-refractivity contribution in [3.8, 4) is 5.75 Å². The summed E-state index contributed by atoms with van der Waals surface area (Å²) in [6.07, 6.45) is 1.47. The maximum atomic E-state index is 13.3. The molecule has 0 amide bonds. The van der Waals surface area contributed by atoms with Crippen LogP contribution in [0, 0.1) is 6.92 Å². The Bertz CT molecular complexity index is 927. The lowest BCUT2D eigenvalue weighted by molar-refractivity contribution is 0.115. The quantitative estimate of drug-likeness (QED) is 0.792. The van der Waals surface area contributed by atoms with Gasteiger partial charge in [0, 0.05) is 26.2 Å². The molecule has 2 aromatic carbocycles. The van der Waals surface area contributed by atoms with Crippen molar-refractivity contribution in [2.45, 2.75) is 50.3 Å². The minimum atomic E-state index is -3.55. The molecule has 0 saturated carbocycles. The molecule has 0 radical (unpaired) electrons. The van der Waals surface area contributed by atoms with Gasteiger partial charge in [-0.25, -0.2) is 8.42 Å². The van der Waals surface area contributed by atoms with Crippen LogP contribution in [0.15, 0.2) is 53.4 Å². The third kappa shape index (κ3) is 3.69. The molecule has 0 N–H and O–H groups in total. The van der Waals surface area contributed by atoms with Crippen LogP contribution >= 0.6 is 0 Å². The highest BCUT2D eigenvalue weighted by Gasteiger charge is 2.42. The predicted molar refractivity (Wildman–Crippen MR) is 110 cm³/mol. The average molecular weight is 401 g/mol. The Labute approximate surface area is 168 Å². The topological polar surface area (TPSA) is 49.9 Å². The van der Waals surface area contributed by atoms with E-state index in [1.165, 1.54) is 11.1 Å². The van der Waals surface area contributed by atoms with Gasteiger partial charge in [0.1, 0.15) is 16.7 Å². The number of nitrogens with zero attached hydrogens (tertiary/aromatic N) is 2. The Morgan fingerprint density at radius 1 is 1.04 bits per heavy atom. The molecule has 4 rings (SSSR count). The van der Waals surface area contributed by atoms with Crippen molar-refractivity contribution in [3.05, 3.63) is 59.7 Å². The van der Waals surface area contributed by atoms with Crippen LogP contribution in [0.1, 0.15) is 30.9 Å². The molecule has 2 heterocycles. The Kier molecular flexibility index (Phi) is 5.45. The zero-order valence-corrected chi connectivity index (χ0v) is 17.4. The minimum absolute atomic E-state index is 0.124. The lowest BCUT2D eigenvalue weighted by Crippen LogP contribution is -2.46. The predicted octanol–water partition coefficient (Wildman–Crippen LogP) is 3.43. The standard InChI is InChI=1S/C22H28N2O3S/c1-3-24-19-12-14-23(16-18-10-8-17(2)9-11-18)15-13-20(19)27-21-6-4-5-7-22(21)28(24,25)26/h4-11,19-20H,3,12-16H2,1-2H3/t19-,20-/m0/s1. The van der Waals surface area contributed by atoms with Crippen molar-refractivity contribution in [2.24, 2.45) is 0 Å². The maximum absolute atomic E-state index is 13.3. The molecule has 2 aromatic rings. The maximum Gasteiger partial charge on any atom is 0.247 e. The fraction of sp³-hybridized carbons (Fsp3) is 0.455. The Morgan fingerprint density at radius 3 is 2.50 bits per heavy atom. The first-order valence-corrected chi connectivity index (χ1v) is 11.5. The van der Waals surface area contributed by atoms with Crippen LogP contribution in [-0.2, 0) is 16.6 Å². The lowest BCUT2D eigenvalue weighted by atomic mass is 10.1. The van der Waals surface area contributed by atoms with Gasteiger partial charge < -0.3 is 4.74 Å². The summed E-state index contributed by atoms with van der Waals surface area (Å²) in [5.41, 5.74) is 2.55. The van der Waals surface area contributed by atoms with Gasteiger partial charge in [0.25, 0.3) is 0 Å². The summed E-state index contributed by atoms with van der Waals surface area (Å²) in [4.78, 5) is 2.70. The Balaban J connectivity index is 1.58. The summed E-state index contributed by atoms with van der Waals surface area (Å²) < 4.78 is 34.4. The number of likely N-dealkylation sites (N-methyl/N-ethyl adjacent to an activating group) is 1. The first-order valence-electron chi connectivity index (χ1n) is 10.0. The van der Waals surface area contributed by atoms with Crippen LogP contribution < -0.4 is 4.74 Å². The van der Waals surface area contributed by atoms with Crippen molar-refractivity contribution in [2.75, 3.05) is 19.6 Å². The third-order valence-electron chi connectivity index (χ3n) is 5.82. The van der Waals surface area contributed by atoms with Gasteiger partial charge in [0.05, 0.1) is 6.04 Å². The van der Waals surface area contributed by atoms with Crippen LogP contribution in [0.4, 0.5) is 0 Å². The molecule has 2 aliphatic heterocycles. The van der Waals surface area contributed by atoms with E-state index in [1.807, 2.05) is 13.0 Å². The number of benzene rings is 2. The normalized spacial score (nSPS) is 25.1. The molecule has 28 heavy (non-hydrogen) atoms. The van der Waals surface area contributed by atoms with E-state index < -0.39 is 10.0 Å². The number of fused-ring (bicyclic) bond motifs is 2. The van der Waals surface area contributed by atoms with Gasteiger partial charge in [-0.15, -0.1) is 0 Å². The molecule has 0 aliphatic carbocycles. The number of hydrogen-bond donors (Lipinski definition) is 0. The summed E-state index contributed by atoms with van der Waals surface area (Å²) >= 11 is 0. The zero-order chi connectivity index (χ0) is 19.7. The highest BCUT2D eigenvalue weighted by Crippen LogP contribution is 2.36. The van der Waals surface area contributed by atoms with Crippen LogP contribution in [0.2, 0.25) is 0 Å². The van der Waals surface area contributed by atoms with Crippen LogP contribution in [-0.4, -0.2) is 49.4 Å². The number of sulfonamides is 1. The molecule has 5 nitrogen and oxygen atoms in total. The van der Waals surface area contributed by atoms with E-state index in [2.05, 4.69) is 36.1 Å². The molecule has 0 spiro atoms. The van der Waals surface area contributed by atoms with Gasteiger partial charge in [-0.2, -0.15) is 4.31 Å². The van der Waals surface area contributed by atoms with Gasteiger partial charge in [0.2, 0.25) is 10.0 Å². The van der Waals surface area contributed by atoms with Crippen molar-refractivity contribution in [1.82, 2.24) is 9.21 Å². The van der Waals surface area contributed by atoms with Gasteiger partial charge in [-0.05, 0) is 37.5 Å². The fourth-order valence-electron chi connectivity index (χ4n) is 4.32. The third-order valence-corrected chi connectivity index (χ3v) is 7.86. The molecule has 150 valence electrons. The summed E-state index contributed by atoms with van der Waals surface area (Å²) in [6.45, 7) is 7.11. The molecular weight excluding hydrogens is 372 g/mol. The minimum Gasteiger partial charge on any atom is -0.487 e. The molecule has 0 aromatic heterocycles. The fourth-order valence-corrected chi connectivity index (χ4v) is 6.14. The lowest BCUT2D eigenvalue weighted by Gasteiger charge is -2.30. The second-order valence-electron chi connectivity index (χ2n) is 7.72. The number of ether oxygens (including phenoxy) is 1. The molecule has 2 atom stereocenters. The van der Waals surface area contributed by atoms with Crippen molar-refractivity contribution >= 4 is 10.0 Å². The zero-order valence-electron chi connectivity index (χ0n) is 16.5. The molecule has 1 fully saturated rings. The number of para-hydroxylation sites is 1. The van der Waals surface area contributed by atoms with Gasteiger partial charge in [-0.3, -0.25) is 4.90 Å². The summed E-state index contributed by atoms with van der Waals surface area (Å²) in [5, 5.41) is 0. The molecule has 2 aliphatic rings. The largest absolute Gasteiger partial charge is 0.487 e. The second kappa shape index (κ2) is 7.85. The Morgan fingerprint density at radius 2 is 1.75 bits per heavy atom. The molecule has 1 saturated heterocycles. The van der Waals surface area contributed by atoms with E-state index in [1.54, 1.807) is 22.5 Å². The molecule has 0 unspecified atom stereocenters. The molecular formula is C22H28N2O3S. The van der Waals surface area contributed by atoms with E-state index >= 15 is 0 Å². The number of hydrogen-bond acceptors (Lipinski definition) is 4. The van der Waals surface area contributed by atoms with Crippen LogP contribution in [0.25, 0.3) is 0 Å². The highest BCUT2D eigenvalue weighted by molar-refractivity contribution is 7.89. The van der Waals surface area contributed by atoms with Crippen LogP contribution in [0.5, 0.6) is 5.75 Å². The van der Waals surface area contributed by atoms with Gasteiger partial charge in [-0.1, -0.05) is 48.9 Å². The summed E-state index contributed by atoms with van der Waals surface area (Å²) in [5.74, 6) is 0.487. The van der Waals surface area contributed by atoms with E-state index in [4.69, 9.17) is 4.74 Å². The molecule has 0 bridgehead atoms. The molecule has 6 heteroatoms. The van der Waals surface area contributed by atoms with Crippen molar-refractivity contribution < 1.29 is 13.2 Å². The highest BCUT2D eigenvalue weighted by atomic mass is 32.2. The van der Waals surface area contributed by atoms with E-state index in [-0.39, 0.29) is 12.1 Å². The number of aryl methyl sites for hydroxylation is 1. The second-order valence-corrected chi connectivity index (χ2v) is 9.58. The smallest absolute Gasteiger partial charge is 0.247 e. The summed E-state index contributed by atoms with van der Waals surface area (Å²) in [6, 6.07) is 15.5. The van der Waals surface area contributed by atoms with E-state index in [0.717, 1.165) is 32.5 Å². The van der Waals surface area contributed by atoms with E-state index in [0.29, 0.717) is 17.2 Å². The van der Waals surface area contributed by atoms with Crippen molar-refractivity contribution in [1.29, 1.82) is 0 Å². The first-order chi connectivity index (χ1) is 13.5. The van der Waals surface area contributed by atoms with Gasteiger partial charge in [0.15, 0.2) is 0 Å². The Hall–Kier alpha value is -1.89. The SMILES string of the molecule is CCN1[C@H]2CCN(Cc3ccc(C)cc3)CC[C@@H]2Oc2ccccc2S1(=O)=O. The van der Waals surface area contributed by atoms with E-state index in [9.17, 15) is 8.42 Å². The average Bonchev–Trinajstić information content (AvgIpc) is 2.92. The van der Waals surface area contributed by atoms with Crippen molar-refractivity contribution in [3.63, 3.8) is 0 Å². The summed E-state index contributed by atoms with van der Waals surface area (Å²) in [7, 11) is -3.55. The number of likely N-dealkylation sites (tertiary alicyclic amines) is 1. The monoisotopic (exact) mass is 400 g/mol. The number of rotatable bonds is 3. The first kappa shape index (κ1) is 19.4. The van der Waals surface area contributed by atoms with Gasteiger partial charge >= 0.3 is 0 Å². The van der Waals surface area contributed by atoms with Crippen LogP contribution in [0.3, 0.4) is 0 Å².